The molecule has 0 aromatic rings. The summed E-state index contributed by atoms with van der Waals surface area (Å²) < 4.78 is 0. The topological polar surface area (TPSA) is 197 Å². The molecule has 5 unspecified atom stereocenters. The van der Waals surface area contributed by atoms with E-state index in [1.54, 1.807) is 0 Å². The lowest BCUT2D eigenvalue weighted by molar-refractivity contribution is -0.142. The predicted octanol–water partition coefficient (Wildman–Crippen LogP) is -2.69. The summed E-state index contributed by atoms with van der Waals surface area (Å²) in [4.78, 5) is 47.7. The molecular weight excluding hydrogens is 390 g/mol. The smallest absolute Gasteiger partial charge is 0.326 e. The second kappa shape index (κ2) is 13.3. The number of hydrogen-bond donors (Lipinski definition) is 8. The lowest BCUT2D eigenvalue weighted by Crippen LogP contribution is -2.60. The molecule has 0 aliphatic heterocycles. The molecule has 0 rings (SSSR count). The summed E-state index contributed by atoms with van der Waals surface area (Å²) in [6.45, 7) is 3.11. The van der Waals surface area contributed by atoms with Crippen LogP contribution in [0.15, 0.2) is 0 Å². The second-order valence-electron chi connectivity index (χ2n) is 6.44. The molecule has 0 aromatic carbocycles. The summed E-state index contributed by atoms with van der Waals surface area (Å²) in [5.74, 6) is -3.56. The van der Waals surface area contributed by atoms with Crippen molar-refractivity contribution in [3.8, 4) is 0 Å². The molecule has 12 heteroatoms. The van der Waals surface area contributed by atoms with Gasteiger partial charge in [0.2, 0.25) is 17.7 Å². The summed E-state index contributed by atoms with van der Waals surface area (Å²) >= 11 is 4.00. The number of thiol groups is 1. The molecule has 5 atom stereocenters. The van der Waals surface area contributed by atoms with Gasteiger partial charge in [-0.15, -0.1) is 0 Å². The van der Waals surface area contributed by atoms with E-state index < -0.39 is 54.0 Å². The number of nitrogens with two attached hydrogens (primary N) is 2. The van der Waals surface area contributed by atoms with E-state index in [9.17, 15) is 29.4 Å². The van der Waals surface area contributed by atoms with Crippen LogP contribution in [-0.4, -0.2) is 76.5 Å². The van der Waals surface area contributed by atoms with Gasteiger partial charge in [-0.2, -0.15) is 12.6 Å². The van der Waals surface area contributed by atoms with Gasteiger partial charge in [-0.3, -0.25) is 14.4 Å². The Bertz CT molecular complexity index is 546. The fourth-order valence-corrected chi connectivity index (χ4v) is 2.43. The largest absolute Gasteiger partial charge is 0.480 e. The van der Waals surface area contributed by atoms with Gasteiger partial charge in [-0.25, -0.2) is 4.79 Å². The molecule has 11 nitrogen and oxygen atoms in total. The Morgan fingerprint density at radius 2 is 1.54 bits per heavy atom. The van der Waals surface area contributed by atoms with Gasteiger partial charge in [0.1, 0.15) is 18.1 Å². The SMILES string of the molecule is CC(N)C(=O)NC(C(=O)NC(CS)C(=O)NC(CCCCN)C(=O)O)C(C)O. The van der Waals surface area contributed by atoms with E-state index >= 15 is 0 Å². The van der Waals surface area contributed by atoms with Gasteiger partial charge in [-0.05, 0) is 39.7 Å². The van der Waals surface area contributed by atoms with Crippen LogP contribution >= 0.6 is 12.6 Å². The first-order valence-electron chi connectivity index (χ1n) is 8.93. The number of hydrogen-bond acceptors (Lipinski definition) is 8. The van der Waals surface area contributed by atoms with Gasteiger partial charge < -0.3 is 37.6 Å². The van der Waals surface area contributed by atoms with E-state index in [0.717, 1.165) is 0 Å². The first-order chi connectivity index (χ1) is 13.0. The Balaban J connectivity index is 5.02. The number of carboxylic acids is 1. The number of unbranched alkanes of at least 4 members (excludes halogenated alkanes) is 1. The van der Waals surface area contributed by atoms with Crippen molar-refractivity contribution >= 4 is 36.3 Å². The molecule has 0 radical (unpaired) electrons. The zero-order chi connectivity index (χ0) is 21.9. The Morgan fingerprint density at radius 1 is 0.964 bits per heavy atom. The molecule has 0 aliphatic carbocycles. The number of carboxylic acid groups (broad SMARTS) is 1. The Labute approximate surface area is 169 Å². The fourth-order valence-electron chi connectivity index (χ4n) is 2.17. The molecule has 0 aromatic heterocycles. The van der Waals surface area contributed by atoms with Crippen LogP contribution in [0.4, 0.5) is 0 Å². The van der Waals surface area contributed by atoms with Gasteiger partial charge >= 0.3 is 5.97 Å². The van der Waals surface area contributed by atoms with Gasteiger partial charge in [0.15, 0.2) is 0 Å². The molecule has 0 spiro atoms. The normalized spacial score (nSPS) is 16.2. The molecule has 0 fully saturated rings. The molecule has 0 saturated heterocycles. The monoisotopic (exact) mass is 421 g/mol. The first-order valence-corrected chi connectivity index (χ1v) is 9.56. The van der Waals surface area contributed by atoms with Crippen molar-refractivity contribution in [1.29, 1.82) is 0 Å². The standard InChI is InChI=1S/C16H31N5O6S/c1-8(18)13(23)21-12(9(2)22)15(25)20-11(7-28)14(24)19-10(16(26)27)5-3-4-6-17/h8-12,22,28H,3-7,17-18H2,1-2H3,(H,19,24)(H,20,25)(H,21,23)(H,26,27). The highest BCUT2D eigenvalue weighted by molar-refractivity contribution is 7.80. The van der Waals surface area contributed by atoms with E-state index in [-0.39, 0.29) is 12.2 Å². The highest BCUT2D eigenvalue weighted by Crippen LogP contribution is 2.03. The number of carbonyl (C=O) groups is 4. The van der Waals surface area contributed by atoms with Gasteiger partial charge in [0.25, 0.3) is 0 Å². The number of aliphatic hydroxyl groups excluding tert-OH is 1. The van der Waals surface area contributed by atoms with Gasteiger partial charge in [0.05, 0.1) is 12.1 Å². The minimum Gasteiger partial charge on any atom is -0.480 e. The average Bonchev–Trinajstić information content (AvgIpc) is 2.62. The molecule has 9 N–H and O–H groups in total. The summed E-state index contributed by atoms with van der Waals surface area (Å²) in [6.07, 6.45) is 0.0573. The molecule has 0 aliphatic rings. The minimum absolute atomic E-state index is 0.125. The molecule has 28 heavy (non-hydrogen) atoms. The average molecular weight is 422 g/mol. The zero-order valence-corrected chi connectivity index (χ0v) is 16.9. The van der Waals surface area contributed by atoms with Gasteiger partial charge in [-0.1, -0.05) is 0 Å². The third kappa shape index (κ3) is 9.35. The van der Waals surface area contributed by atoms with E-state index in [0.29, 0.717) is 19.4 Å². The molecule has 0 heterocycles. The predicted molar refractivity (Wildman–Crippen MR) is 106 cm³/mol. The number of nitrogens with one attached hydrogen (secondary N) is 3. The van der Waals surface area contributed by atoms with Crippen LogP contribution in [0.1, 0.15) is 33.1 Å². The van der Waals surface area contributed by atoms with Gasteiger partial charge in [0, 0.05) is 5.75 Å². The zero-order valence-electron chi connectivity index (χ0n) is 16.1. The number of aliphatic carboxylic acids is 1. The van der Waals surface area contributed by atoms with Crippen molar-refractivity contribution in [3.05, 3.63) is 0 Å². The summed E-state index contributed by atoms with van der Waals surface area (Å²) in [5, 5.41) is 26.0. The molecule has 162 valence electrons. The molecule has 0 saturated carbocycles. The van der Waals surface area contributed by atoms with E-state index in [1.807, 2.05) is 0 Å². The quantitative estimate of drug-likeness (QED) is 0.116. The maximum absolute atomic E-state index is 12.4. The van der Waals surface area contributed by atoms with Crippen LogP contribution in [0.25, 0.3) is 0 Å². The van der Waals surface area contributed by atoms with Crippen molar-refractivity contribution in [1.82, 2.24) is 16.0 Å². The maximum Gasteiger partial charge on any atom is 0.326 e. The van der Waals surface area contributed by atoms with Crippen molar-refractivity contribution in [2.45, 2.75) is 63.4 Å². The lowest BCUT2D eigenvalue weighted by Gasteiger charge is -2.25. The van der Waals surface area contributed by atoms with Crippen LogP contribution < -0.4 is 27.4 Å². The van der Waals surface area contributed by atoms with Crippen molar-refractivity contribution in [2.24, 2.45) is 11.5 Å². The summed E-state index contributed by atoms with van der Waals surface area (Å²) in [7, 11) is 0. The van der Waals surface area contributed by atoms with E-state index in [1.165, 1.54) is 13.8 Å². The first kappa shape index (κ1) is 26.1. The fraction of sp³-hybridized carbons (Fsp3) is 0.750. The van der Waals surface area contributed by atoms with Crippen LogP contribution in [0.5, 0.6) is 0 Å². The van der Waals surface area contributed by atoms with E-state index in [2.05, 4.69) is 28.6 Å². The maximum atomic E-state index is 12.4. The minimum atomic E-state index is -1.34. The second-order valence-corrected chi connectivity index (χ2v) is 6.81. The molecule has 3 amide bonds. The number of carbonyl (C=O) groups excluding carboxylic acids is 3. The summed E-state index contributed by atoms with van der Waals surface area (Å²) in [6, 6.07) is -4.54. The van der Waals surface area contributed by atoms with Crippen LogP contribution in [0.3, 0.4) is 0 Å². The van der Waals surface area contributed by atoms with E-state index in [4.69, 9.17) is 11.5 Å². The molecule has 0 bridgehead atoms. The van der Waals surface area contributed by atoms with Crippen molar-refractivity contribution in [3.63, 3.8) is 0 Å². The van der Waals surface area contributed by atoms with Crippen LogP contribution in [0, 0.1) is 0 Å². The number of rotatable bonds is 13. The van der Waals surface area contributed by atoms with Crippen LogP contribution in [-0.2, 0) is 19.2 Å². The lowest BCUT2D eigenvalue weighted by atomic mass is 10.1. The molecular formula is C16H31N5O6S. The highest BCUT2D eigenvalue weighted by Gasteiger charge is 2.31. The van der Waals surface area contributed by atoms with Crippen molar-refractivity contribution in [2.75, 3.05) is 12.3 Å². The number of aliphatic hydroxyl groups is 1. The van der Waals surface area contributed by atoms with Crippen molar-refractivity contribution < 1.29 is 29.4 Å². The Kier molecular flexibility index (Phi) is 12.4. The Morgan fingerprint density at radius 3 is 1.96 bits per heavy atom. The Hall–Kier alpha value is -1.89. The highest BCUT2D eigenvalue weighted by atomic mass is 32.1. The van der Waals surface area contributed by atoms with Crippen LogP contribution in [0.2, 0.25) is 0 Å². The third-order valence-electron chi connectivity index (χ3n) is 3.85. The number of amides is 3. The third-order valence-corrected chi connectivity index (χ3v) is 4.22. The summed E-state index contributed by atoms with van der Waals surface area (Å²) in [5.41, 5.74) is 10.8.